The van der Waals surface area contributed by atoms with Crippen LogP contribution >= 0.6 is 0 Å². The fraction of sp³-hybridized carbons (Fsp3) is 0.389. The van der Waals surface area contributed by atoms with E-state index in [4.69, 9.17) is 4.74 Å². The van der Waals surface area contributed by atoms with Gasteiger partial charge in [0.1, 0.15) is 5.82 Å². The smallest absolute Gasteiger partial charge is 0.373 e. The van der Waals surface area contributed by atoms with Crippen molar-refractivity contribution in [3.63, 3.8) is 0 Å². The molecule has 0 radical (unpaired) electrons. The zero-order valence-electron chi connectivity index (χ0n) is 14.6. The molecule has 2 aromatic heterocycles. The molecule has 0 spiro atoms. The van der Waals surface area contributed by atoms with Crippen molar-refractivity contribution in [2.75, 3.05) is 18.5 Å². The molecule has 1 saturated heterocycles. The lowest BCUT2D eigenvalue weighted by molar-refractivity contribution is -0.144. The van der Waals surface area contributed by atoms with Gasteiger partial charge in [0, 0.05) is 30.8 Å². The van der Waals surface area contributed by atoms with Crippen LogP contribution in [0.25, 0.3) is 5.78 Å². The molecule has 27 heavy (non-hydrogen) atoms. The predicted octanol–water partition coefficient (Wildman–Crippen LogP) is 3.64. The maximum Gasteiger partial charge on any atom is 0.453 e. The number of aryl methyl sites for hydroxylation is 1. The van der Waals surface area contributed by atoms with E-state index in [1.54, 1.807) is 13.0 Å². The minimum absolute atomic E-state index is 0.0430. The number of ether oxygens (including phenoxy) is 1. The number of alkyl halides is 3. The molecular weight excluding hydrogens is 359 g/mol. The van der Waals surface area contributed by atoms with Gasteiger partial charge in [-0.05, 0) is 18.9 Å². The van der Waals surface area contributed by atoms with Crippen LogP contribution in [0.5, 0.6) is 0 Å². The van der Waals surface area contributed by atoms with Gasteiger partial charge >= 0.3 is 6.18 Å². The fourth-order valence-electron chi connectivity index (χ4n) is 3.32. The van der Waals surface area contributed by atoms with Crippen LogP contribution < -0.4 is 5.32 Å². The SMILES string of the molecule is Cc1cc(NC[C@H]2CCO[C@@H]2c2ccccc2)n2nc(C(F)(F)F)nc2n1. The number of rotatable bonds is 4. The number of fused-ring (bicyclic) bond motifs is 1. The maximum atomic E-state index is 12.9. The first-order chi connectivity index (χ1) is 12.9. The Morgan fingerprint density at radius 3 is 2.74 bits per heavy atom. The number of halogens is 3. The molecule has 0 aliphatic carbocycles. The van der Waals surface area contributed by atoms with E-state index in [0.29, 0.717) is 24.7 Å². The largest absolute Gasteiger partial charge is 0.453 e. The van der Waals surface area contributed by atoms with Crippen LogP contribution in [0.4, 0.5) is 19.0 Å². The van der Waals surface area contributed by atoms with Crippen LogP contribution in [0.1, 0.15) is 29.6 Å². The van der Waals surface area contributed by atoms with Crippen LogP contribution in [-0.4, -0.2) is 32.7 Å². The van der Waals surface area contributed by atoms with E-state index in [1.165, 1.54) is 0 Å². The summed E-state index contributed by atoms with van der Waals surface area (Å²) in [5.74, 6) is -0.650. The number of nitrogens with one attached hydrogen (secondary N) is 1. The van der Waals surface area contributed by atoms with Crippen LogP contribution in [-0.2, 0) is 10.9 Å². The molecule has 9 heteroatoms. The molecule has 6 nitrogen and oxygen atoms in total. The number of aromatic nitrogens is 4. The van der Waals surface area contributed by atoms with E-state index in [2.05, 4.69) is 20.4 Å². The molecule has 142 valence electrons. The summed E-state index contributed by atoms with van der Waals surface area (Å²) in [6.45, 7) is 2.90. The Hall–Kier alpha value is -2.68. The number of anilines is 1. The molecule has 1 aliphatic heterocycles. The van der Waals surface area contributed by atoms with Gasteiger partial charge in [0.05, 0.1) is 6.10 Å². The van der Waals surface area contributed by atoms with Gasteiger partial charge in [-0.3, -0.25) is 0 Å². The zero-order valence-corrected chi connectivity index (χ0v) is 14.6. The Bertz CT molecular complexity index is 941. The minimum atomic E-state index is -4.61. The highest BCUT2D eigenvalue weighted by Gasteiger charge is 2.37. The summed E-state index contributed by atoms with van der Waals surface area (Å²) in [7, 11) is 0. The first kappa shape index (κ1) is 17.7. The molecule has 3 aromatic rings. The second-order valence-corrected chi connectivity index (χ2v) is 6.56. The number of hydrogen-bond donors (Lipinski definition) is 1. The van der Waals surface area contributed by atoms with Crippen LogP contribution in [0.2, 0.25) is 0 Å². The second-order valence-electron chi connectivity index (χ2n) is 6.56. The van der Waals surface area contributed by atoms with Crippen molar-refractivity contribution in [1.29, 1.82) is 0 Å². The first-order valence-electron chi connectivity index (χ1n) is 8.64. The third-order valence-electron chi connectivity index (χ3n) is 4.58. The normalized spacial score (nSPS) is 20.3. The fourth-order valence-corrected chi connectivity index (χ4v) is 3.32. The highest BCUT2D eigenvalue weighted by molar-refractivity contribution is 5.45. The molecule has 0 amide bonds. The summed E-state index contributed by atoms with van der Waals surface area (Å²) >= 11 is 0. The summed E-state index contributed by atoms with van der Waals surface area (Å²) in [4.78, 5) is 7.54. The van der Waals surface area contributed by atoms with Crippen molar-refractivity contribution < 1.29 is 17.9 Å². The predicted molar refractivity (Wildman–Crippen MR) is 92.3 cm³/mol. The molecular formula is C18H18F3N5O. The van der Waals surface area contributed by atoms with Crippen molar-refractivity contribution in [3.05, 3.63) is 53.5 Å². The summed E-state index contributed by atoms with van der Waals surface area (Å²) < 4.78 is 45.7. The van der Waals surface area contributed by atoms with E-state index in [1.807, 2.05) is 30.3 Å². The third-order valence-corrected chi connectivity index (χ3v) is 4.58. The molecule has 1 fully saturated rings. The molecule has 4 rings (SSSR count). The number of hydrogen-bond acceptors (Lipinski definition) is 5. The maximum absolute atomic E-state index is 12.9. The Kier molecular flexibility index (Phi) is 4.47. The quantitative estimate of drug-likeness (QED) is 0.752. The summed E-state index contributed by atoms with van der Waals surface area (Å²) in [6, 6.07) is 11.6. The topological polar surface area (TPSA) is 64.3 Å². The molecule has 1 aliphatic rings. The van der Waals surface area contributed by atoms with Crippen LogP contribution in [0.3, 0.4) is 0 Å². The lowest BCUT2D eigenvalue weighted by Gasteiger charge is -2.20. The van der Waals surface area contributed by atoms with E-state index >= 15 is 0 Å². The highest BCUT2D eigenvalue weighted by atomic mass is 19.4. The number of nitrogens with zero attached hydrogens (tertiary/aromatic N) is 4. The van der Waals surface area contributed by atoms with E-state index in [-0.39, 0.29) is 17.8 Å². The lowest BCUT2D eigenvalue weighted by atomic mass is 9.95. The first-order valence-corrected chi connectivity index (χ1v) is 8.64. The van der Waals surface area contributed by atoms with Crippen molar-refractivity contribution in [2.24, 2.45) is 5.92 Å². The van der Waals surface area contributed by atoms with Gasteiger partial charge in [0.25, 0.3) is 11.6 Å². The van der Waals surface area contributed by atoms with Gasteiger partial charge < -0.3 is 10.1 Å². The Balaban J connectivity index is 1.57. The van der Waals surface area contributed by atoms with Gasteiger partial charge in [-0.25, -0.2) is 4.98 Å². The van der Waals surface area contributed by atoms with Gasteiger partial charge in [0.15, 0.2) is 0 Å². The van der Waals surface area contributed by atoms with Crippen molar-refractivity contribution in [2.45, 2.75) is 25.6 Å². The molecule has 1 aromatic carbocycles. The molecule has 0 saturated carbocycles. The van der Waals surface area contributed by atoms with Gasteiger partial charge in [-0.1, -0.05) is 30.3 Å². The molecule has 3 heterocycles. The van der Waals surface area contributed by atoms with E-state index in [9.17, 15) is 13.2 Å². The summed E-state index contributed by atoms with van der Waals surface area (Å²) in [5, 5.41) is 6.78. The van der Waals surface area contributed by atoms with Crippen LogP contribution in [0, 0.1) is 12.8 Å². The average Bonchev–Trinajstić information content (AvgIpc) is 3.26. The Morgan fingerprint density at radius 1 is 1.22 bits per heavy atom. The molecule has 0 unspecified atom stereocenters. The van der Waals surface area contributed by atoms with Crippen molar-refractivity contribution in [3.8, 4) is 0 Å². The van der Waals surface area contributed by atoms with E-state index in [0.717, 1.165) is 16.5 Å². The molecule has 1 N–H and O–H groups in total. The van der Waals surface area contributed by atoms with Gasteiger partial charge in [-0.2, -0.15) is 22.7 Å². The number of benzene rings is 1. The highest BCUT2D eigenvalue weighted by Crippen LogP contribution is 2.34. The van der Waals surface area contributed by atoms with Crippen LogP contribution in [0.15, 0.2) is 36.4 Å². The monoisotopic (exact) mass is 377 g/mol. The standard InChI is InChI=1S/C18H18F3N5O/c1-11-9-14(26-17(23-11)24-16(25-26)18(19,20)21)22-10-13-7-8-27-15(13)12-5-3-2-4-6-12/h2-6,9,13,15,22H,7-8,10H2,1H3/t13-,15-/m1/s1. The van der Waals surface area contributed by atoms with Gasteiger partial charge in [0.2, 0.25) is 0 Å². The summed E-state index contributed by atoms with van der Waals surface area (Å²) in [5.41, 5.74) is 1.66. The lowest BCUT2D eigenvalue weighted by Crippen LogP contribution is -2.19. The molecule has 0 bridgehead atoms. The minimum Gasteiger partial charge on any atom is -0.373 e. The van der Waals surface area contributed by atoms with Crippen molar-refractivity contribution >= 4 is 11.6 Å². The van der Waals surface area contributed by atoms with Gasteiger partial charge in [-0.15, -0.1) is 5.10 Å². The zero-order chi connectivity index (χ0) is 19.0. The van der Waals surface area contributed by atoms with E-state index < -0.39 is 12.0 Å². The van der Waals surface area contributed by atoms with Crippen molar-refractivity contribution in [1.82, 2.24) is 19.6 Å². The second kappa shape index (κ2) is 6.80. The molecule has 2 atom stereocenters. The Morgan fingerprint density at radius 2 is 2.00 bits per heavy atom. The third kappa shape index (κ3) is 3.59. The summed E-state index contributed by atoms with van der Waals surface area (Å²) in [6.07, 6.45) is -3.79. The Labute approximate surface area is 153 Å². The average molecular weight is 377 g/mol.